The fourth-order valence-electron chi connectivity index (χ4n) is 1.92. The van der Waals surface area contributed by atoms with Gasteiger partial charge in [-0.2, -0.15) is 5.26 Å². The predicted octanol–water partition coefficient (Wildman–Crippen LogP) is 1.90. The molecule has 2 N–H and O–H groups in total. The van der Waals surface area contributed by atoms with Crippen LogP contribution in [-0.4, -0.2) is 28.8 Å². The zero-order chi connectivity index (χ0) is 14.5. The molecule has 2 rings (SSSR count). The molecule has 1 aromatic carbocycles. The Morgan fingerprint density at radius 1 is 1.45 bits per heavy atom. The number of hydrogen-bond acceptors (Lipinski definition) is 4. The highest BCUT2D eigenvalue weighted by molar-refractivity contribution is 7.99. The van der Waals surface area contributed by atoms with Crippen LogP contribution in [0.4, 0.5) is 0 Å². The van der Waals surface area contributed by atoms with E-state index in [1.54, 1.807) is 24.3 Å². The van der Waals surface area contributed by atoms with Crippen molar-refractivity contribution in [2.24, 2.45) is 5.92 Å². The third-order valence-corrected chi connectivity index (χ3v) is 4.01. The highest BCUT2D eigenvalue weighted by Gasteiger charge is 2.37. The monoisotopic (exact) mass is 290 g/mol. The van der Waals surface area contributed by atoms with Gasteiger partial charge >= 0.3 is 5.97 Å². The fourth-order valence-corrected chi connectivity index (χ4v) is 2.63. The second-order valence-electron chi connectivity index (χ2n) is 4.57. The number of carbonyl (C=O) groups is 2. The first kappa shape index (κ1) is 14.4. The molecule has 0 spiro atoms. The van der Waals surface area contributed by atoms with Crippen LogP contribution in [-0.2, 0) is 4.79 Å². The quantitative estimate of drug-likeness (QED) is 0.781. The van der Waals surface area contributed by atoms with Crippen molar-refractivity contribution in [3.05, 3.63) is 29.8 Å². The van der Waals surface area contributed by atoms with Gasteiger partial charge in [0, 0.05) is 4.90 Å². The van der Waals surface area contributed by atoms with E-state index >= 15 is 0 Å². The molecule has 0 bridgehead atoms. The second kappa shape index (κ2) is 6.44. The van der Waals surface area contributed by atoms with Crippen LogP contribution >= 0.6 is 11.8 Å². The summed E-state index contributed by atoms with van der Waals surface area (Å²) in [5, 5.41) is 20.3. The van der Waals surface area contributed by atoms with Gasteiger partial charge in [0.1, 0.15) is 6.04 Å². The molecule has 0 aliphatic heterocycles. The zero-order valence-electron chi connectivity index (χ0n) is 10.7. The summed E-state index contributed by atoms with van der Waals surface area (Å²) < 4.78 is 0. The van der Waals surface area contributed by atoms with E-state index in [1.807, 2.05) is 6.07 Å². The summed E-state index contributed by atoms with van der Waals surface area (Å²) in [7, 11) is 0. The van der Waals surface area contributed by atoms with Crippen molar-refractivity contribution in [2.45, 2.75) is 23.8 Å². The van der Waals surface area contributed by atoms with Gasteiger partial charge < -0.3 is 10.4 Å². The summed E-state index contributed by atoms with van der Waals surface area (Å²) in [6, 6.07) is 8.08. The van der Waals surface area contributed by atoms with Crippen molar-refractivity contribution in [1.29, 1.82) is 5.26 Å². The van der Waals surface area contributed by atoms with Crippen molar-refractivity contribution in [3.63, 3.8) is 0 Å². The standard InChI is InChI=1S/C14H14N2O3S/c15-7-8-20-11-4-2-1-3-10(11)13(17)16-12(14(18)19)9-5-6-9/h1-4,9,12H,5-6,8H2,(H,16,17)(H,18,19). The maximum atomic E-state index is 12.2. The van der Waals surface area contributed by atoms with Crippen molar-refractivity contribution in [2.75, 3.05) is 5.75 Å². The summed E-state index contributed by atoms with van der Waals surface area (Å²) in [6.07, 6.45) is 1.67. The third kappa shape index (κ3) is 3.52. The first-order valence-electron chi connectivity index (χ1n) is 6.26. The van der Waals surface area contributed by atoms with E-state index in [2.05, 4.69) is 5.32 Å². The van der Waals surface area contributed by atoms with Crippen molar-refractivity contribution < 1.29 is 14.7 Å². The molecule has 1 saturated carbocycles. The molecule has 0 aromatic heterocycles. The summed E-state index contributed by atoms with van der Waals surface area (Å²) in [6.45, 7) is 0. The van der Waals surface area contributed by atoms with E-state index in [-0.39, 0.29) is 11.7 Å². The maximum absolute atomic E-state index is 12.2. The van der Waals surface area contributed by atoms with Crippen LogP contribution in [0.3, 0.4) is 0 Å². The highest BCUT2D eigenvalue weighted by atomic mass is 32.2. The van der Waals surface area contributed by atoms with Gasteiger partial charge in [-0.1, -0.05) is 12.1 Å². The number of hydrogen-bond donors (Lipinski definition) is 2. The van der Waals surface area contributed by atoms with Crippen molar-refractivity contribution >= 4 is 23.6 Å². The van der Waals surface area contributed by atoms with Gasteiger partial charge in [0.05, 0.1) is 17.4 Å². The molecule has 1 aromatic rings. The minimum absolute atomic E-state index is 0.0374. The van der Waals surface area contributed by atoms with E-state index in [0.29, 0.717) is 10.5 Å². The highest BCUT2D eigenvalue weighted by Crippen LogP contribution is 2.33. The molecule has 104 valence electrons. The molecule has 1 atom stereocenters. The largest absolute Gasteiger partial charge is 0.480 e. The molecule has 0 saturated heterocycles. The first-order valence-corrected chi connectivity index (χ1v) is 7.24. The minimum atomic E-state index is -0.997. The van der Waals surface area contributed by atoms with E-state index in [9.17, 15) is 9.59 Å². The number of rotatable bonds is 6. The van der Waals surface area contributed by atoms with Crippen LogP contribution in [0.5, 0.6) is 0 Å². The predicted molar refractivity (Wildman–Crippen MR) is 74.4 cm³/mol. The first-order chi connectivity index (χ1) is 9.63. The smallest absolute Gasteiger partial charge is 0.326 e. The van der Waals surface area contributed by atoms with E-state index in [1.165, 1.54) is 11.8 Å². The number of carboxylic acids is 1. The topological polar surface area (TPSA) is 90.2 Å². The molecule has 20 heavy (non-hydrogen) atoms. The van der Waals surface area contributed by atoms with Gasteiger partial charge in [-0.25, -0.2) is 4.79 Å². The molecule has 1 aliphatic carbocycles. The van der Waals surface area contributed by atoms with Crippen LogP contribution in [0, 0.1) is 17.2 Å². The SMILES string of the molecule is N#CCSc1ccccc1C(=O)NC(C(=O)O)C1CC1. The van der Waals surface area contributed by atoms with Crippen LogP contribution in [0.2, 0.25) is 0 Å². The van der Waals surface area contributed by atoms with Crippen LogP contribution in [0.25, 0.3) is 0 Å². The number of carbonyl (C=O) groups excluding carboxylic acids is 1. The van der Waals surface area contributed by atoms with Gasteiger partial charge in [-0.3, -0.25) is 4.79 Å². The minimum Gasteiger partial charge on any atom is -0.480 e. The number of carboxylic acid groups (broad SMARTS) is 1. The van der Waals surface area contributed by atoms with E-state index < -0.39 is 17.9 Å². The Labute approximate surface area is 121 Å². The Morgan fingerprint density at radius 3 is 2.75 bits per heavy atom. The van der Waals surface area contributed by atoms with Crippen LogP contribution < -0.4 is 5.32 Å². The molecule has 6 heteroatoms. The Hall–Kier alpha value is -2.00. The van der Waals surface area contributed by atoms with E-state index in [4.69, 9.17) is 10.4 Å². The zero-order valence-corrected chi connectivity index (χ0v) is 11.5. The van der Waals surface area contributed by atoms with Crippen LogP contribution in [0.15, 0.2) is 29.2 Å². The lowest BCUT2D eigenvalue weighted by Crippen LogP contribution is -2.42. The Balaban J connectivity index is 2.12. The summed E-state index contributed by atoms with van der Waals surface area (Å²) in [4.78, 5) is 24.0. The Bertz CT molecular complexity index is 564. The maximum Gasteiger partial charge on any atom is 0.326 e. The molecular weight excluding hydrogens is 276 g/mol. The molecule has 0 heterocycles. The van der Waals surface area contributed by atoms with Gasteiger partial charge in [0.25, 0.3) is 5.91 Å². The number of nitrogens with zero attached hydrogens (tertiary/aromatic N) is 1. The lowest BCUT2D eigenvalue weighted by atomic mass is 10.1. The van der Waals surface area contributed by atoms with E-state index in [0.717, 1.165) is 12.8 Å². The molecule has 1 unspecified atom stereocenters. The number of benzene rings is 1. The van der Waals surface area contributed by atoms with Gasteiger partial charge in [0.15, 0.2) is 0 Å². The van der Waals surface area contributed by atoms with Gasteiger partial charge in [-0.05, 0) is 30.9 Å². The number of nitriles is 1. The Morgan fingerprint density at radius 2 is 2.15 bits per heavy atom. The van der Waals surface area contributed by atoms with Gasteiger partial charge in [-0.15, -0.1) is 11.8 Å². The number of thioether (sulfide) groups is 1. The van der Waals surface area contributed by atoms with Crippen molar-refractivity contribution in [1.82, 2.24) is 5.32 Å². The van der Waals surface area contributed by atoms with Crippen LogP contribution in [0.1, 0.15) is 23.2 Å². The molecule has 0 radical (unpaired) electrons. The van der Waals surface area contributed by atoms with Gasteiger partial charge in [0.2, 0.25) is 0 Å². The number of aliphatic carboxylic acids is 1. The number of amides is 1. The summed E-state index contributed by atoms with van der Waals surface area (Å²) >= 11 is 1.27. The molecule has 1 amide bonds. The molecule has 5 nitrogen and oxygen atoms in total. The molecule has 1 fully saturated rings. The van der Waals surface area contributed by atoms with Crippen molar-refractivity contribution in [3.8, 4) is 6.07 Å². The second-order valence-corrected chi connectivity index (χ2v) is 5.59. The number of nitrogens with one attached hydrogen (secondary N) is 1. The molecular formula is C14H14N2O3S. The summed E-state index contributed by atoms with van der Waals surface area (Å²) in [5.41, 5.74) is 0.416. The normalized spacial score (nSPS) is 15.2. The average molecular weight is 290 g/mol. The lowest BCUT2D eigenvalue weighted by molar-refractivity contribution is -0.139. The Kier molecular flexibility index (Phi) is 4.64. The average Bonchev–Trinajstić information content (AvgIpc) is 3.26. The summed E-state index contributed by atoms with van der Waals surface area (Å²) in [5.74, 6) is -1.11. The third-order valence-electron chi connectivity index (χ3n) is 3.07. The lowest BCUT2D eigenvalue weighted by Gasteiger charge is -2.15. The molecule has 1 aliphatic rings. The fraction of sp³-hybridized carbons (Fsp3) is 0.357.